The Balaban J connectivity index is 4.14. The van der Waals surface area contributed by atoms with E-state index in [2.05, 4.69) is 32.8 Å². The molecule has 0 aromatic heterocycles. The smallest absolute Gasteiger partial charge is 0.0426 e. The first-order valence-electron chi connectivity index (χ1n) is 3.29. The maximum absolute atomic E-state index is 5.16. The summed E-state index contributed by atoms with van der Waals surface area (Å²) in [6.07, 6.45) is 0.944. The van der Waals surface area contributed by atoms with Crippen LogP contribution in [0.5, 0.6) is 0 Å². The molecule has 0 saturated carbocycles. The molecule has 0 fully saturated rings. The predicted molar refractivity (Wildman–Crippen MR) is 41.4 cm³/mol. The number of nitrogens with zero attached hydrogens (tertiary/aromatic N) is 1. The molecule has 2 nitrogen and oxygen atoms in total. The Morgan fingerprint density at radius 2 is 1.89 bits per heavy atom. The van der Waals surface area contributed by atoms with Crippen LogP contribution in [0.1, 0.15) is 34.1 Å². The van der Waals surface area contributed by atoms with Crippen LogP contribution in [0.4, 0.5) is 0 Å². The van der Waals surface area contributed by atoms with Crippen molar-refractivity contribution in [2.75, 3.05) is 0 Å². The van der Waals surface area contributed by atoms with Crippen molar-refractivity contribution in [1.29, 1.82) is 0 Å². The van der Waals surface area contributed by atoms with Gasteiger partial charge in [-0.1, -0.05) is 27.7 Å². The second kappa shape index (κ2) is 2.85. The standard InChI is InChI=1S/C7H16N2/c1-5-6(9-8)7(2,3)4/h5,8H2,1-4H3/b9-6+. The zero-order valence-corrected chi connectivity index (χ0v) is 6.73. The van der Waals surface area contributed by atoms with Crippen LogP contribution >= 0.6 is 0 Å². The second-order valence-electron chi connectivity index (χ2n) is 3.18. The van der Waals surface area contributed by atoms with E-state index in [-0.39, 0.29) is 5.41 Å². The van der Waals surface area contributed by atoms with Crippen LogP contribution in [0.3, 0.4) is 0 Å². The molecular weight excluding hydrogens is 112 g/mol. The molecule has 0 aromatic rings. The summed E-state index contributed by atoms with van der Waals surface area (Å²) >= 11 is 0. The molecule has 0 radical (unpaired) electrons. The fourth-order valence-corrected chi connectivity index (χ4v) is 0.815. The Morgan fingerprint density at radius 3 is 1.89 bits per heavy atom. The molecule has 0 saturated heterocycles. The third-order valence-electron chi connectivity index (χ3n) is 1.36. The molecule has 0 aliphatic heterocycles. The highest BCUT2D eigenvalue weighted by Gasteiger charge is 2.15. The molecular formula is C7H16N2. The Labute approximate surface area is 57.1 Å². The van der Waals surface area contributed by atoms with Gasteiger partial charge in [0.2, 0.25) is 0 Å². The van der Waals surface area contributed by atoms with Gasteiger partial charge in [0.25, 0.3) is 0 Å². The van der Waals surface area contributed by atoms with Crippen molar-refractivity contribution in [2.24, 2.45) is 16.4 Å². The molecule has 54 valence electrons. The van der Waals surface area contributed by atoms with Gasteiger partial charge in [0.05, 0.1) is 0 Å². The lowest BCUT2D eigenvalue weighted by molar-refractivity contribution is 0.577. The minimum absolute atomic E-state index is 0.142. The van der Waals surface area contributed by atoms with Crippen LogP contribution in [-0.2, 0) is 0 Å². The molecule has 0 unspecified atom stereocenters. The van der Waals surface area contributed by atoms with E-state index in [9.17, 15) is 0 Å². The van der Waals surface area contributed by atoms with E-state index in [4.69, 9.17) is 5.84 Å². The van der Waals surface area contributed by atoms with Gasteiger partial charge < -0.3 is 5.84 Å². The maximum atomic E-state index is 5.16. The number of nitrogens with two attached hydrogens (primary N) is 1. The Bertz CT molecular complexity index is 109. The Hall–Kier alpha value is -0.530. The number of rotatable bonds is 1. The van der Waals surface area contributed by atoms with Gasteiger partial charge in [0.15, 0.2) is 0 Å². The van der Waals surface area contributed by atoms with Crippen LogP contribution in [0.15, 0.2) is 5.10 Å². The summed E-state index contributed by atoms with van der Waals surface area (Å²) < 4.78 is 0. The highest BCUT2D eigenvalue weighted by molar-refractivity contribution is 5.88. The third-order valence-corrected chi connectivity index (χ3v) is 1.36. The quantitative estimate of drug-likeness (QED) is 0.326. The number of hydrogen-bond acceptors (Lipinski definition) is 2. The predicted octanol–water partition coefficient (Wildman–Crippen LogP) is 1.76. The van der Waals surface area contributed by atoms with Gasteiger partial charge >= 0.3 is 0 Å². The third kappa shape index (κ3) is 2.49. The van der Waals surface area contributed by atoms with E-state index in [1.807, 2.05) is 0 Å². The lowest BCUT2D eigenvalue weighted by Gasteiger charge is -2.18. The molecule has 0 aliphatic carbocycles. The molecule has 2 heteroatoms. The molecule has 0 rings (SSSR count). The average molecular weight is 128 g/mol. The number of hydrazone groups is 1. The Morgan fingerprint density at radius 1 is 1.44 bits per heavy atom. The molecule has 2 N–H and O–H groups in total. The molecule has 0 bridgehead atoms. The highest BCUT2D eigenvalue weighted by atomic mass is 15.1. The van der Waals surface area contributed by atoms with Crippen molar-refractivity contribution in [3.8, 4) is 0 Å². The first-order valence-corrected chi connectivity index (χ1v) is 3.29. The van der Waals surface area contributed by atoms with Gasteiger partial charge in [0.1, 0.15) is 0 Å². The first kappa shape index (κ1) is 8.47. The van der Waals surface area contributed by atoms with Crippen molar-refractivity contribution in [3.05, 3.63) is 0 Å². The summed E-state index contributed by atoms with van der Waals surface area (Å²) in [7, 11) is 0. The van der Waals surface area contributed by atoms with Gasteiger partial charge in [0, 0.05) is 11.1 Å². The fourth-order valence-electron chi connectivity index (χ4n) is 0.815. The van der Waals surface area contributed by atoms with E-state index >= 15 is 0 Å². The SMILES string of the molecule is CC/C(=N\N)C(C)(C)C. The van der Waals surface area contributed by atoms with Crippen LogP contribution in [0.25, 0.3) is 0 Å². The van der Waals surface area contributed by atoms with Crippen LogP contribution in [0, 0.1) is 5.41 Å². The summed E-state index contributed by atoms with van der Waals surface area (Å²) in [6.45, 7) is 8.41. The van der Waals surface area contributed by atoms with Crippen LogP contribution < -0.4 is 5.84 Å². The fraction of sp³-hybridized carbons (Fsp3) is 0.857. The summed E-state index contributed by atoms with van der Waals surface area (Å²) in [5.41, 5.74) is 1.21. The molecule has 0 aliphatic rings. The Kier molecular flexibility index (Phi) is 2.68. The first-order chi connectivity index (χ1) is 4.02. The highest BCUT2D eigenvalue weighted by Crippen LogP contribution is 2.17. The van der Waals surface area contributed by atoms with Crippen molar-refractivity contribution >= 4 is 5.71 Å². The van der Waals surface area contributed by atoms with E-state index in [0.29, 0.717) is 0 Å². The summed E-state index contributed by atoms with van der Waals surface area (Å²) in [5.74, 6) is 5.16. The normalized spacial score (nSPS) is 14.0. The zero-order valence-electron chi connectivity index (χ0n) is 6.73. The molecule has 0 heterocycles. The van der Waals surface area contributed by atoms with E-state index in [1.54, 1.807) is 0 Å². The van der Waals surface area contributed by atoms with Crippen molar-refractivity contribution in [2.45, 2.75) is 34.1 Å². The minimum Gasteiger partial charge on any atom is -0.323 e. The van der Waals surface area contributed by atoms with E-state index in [1.165, 1.54) is 0 Å². The lowest BCUT2D eigenvalue weighted by Crippen LogP contribution is -2.20. The van der Waals surface area contributed by atoms with Gasteiger partial charge in [-0.2, -0.15) is 5.10 Å². The molecule has 9 heavy (non-hydrogen) atoms. The van der Waals surface area contributed by atoms with Gasteiger partial charge in [-0.25, -0.2) is 0 Å². The minimum atomic E-state index is 0.142. The molecule has 0 aromatic carbocycles. The van der Waals surface area contributed by atoms with Crippen molar-refractivity contribution < 1.29 is 0 Å². The van der Waals surface area contributed by atoms with Crippen molar-refractivity contribution in [3.63, 3.8) is 0 Å². The van der Waals surface area contributed by atoms with Gasteiger partial charge in [-0.3, -0.25) is 0 Å². The maximum Gasteiger partial charge on any atom is 0.0426 e. The van der Waals surface area contributed by atoms with Gasteiger partial charge in [-0.05, 0) is 6.42 Å². The number of hydrogen-bond donors (Lipinski definition) is 1. The van der Waals surface area contributed by atoms with Crippen molar-refractivity contribution in [1.82, 2.24) is 0 Å². The summed E-state index contributed by atoms with van der Waals surface area (Å²) in [4.78, 5) is 0. The van der Waals surface area contributed by atoms with E-state index in [0.717, 1.165) is 12.1 Å². The molecule has 0 atom stereocenters. The molecule has 0 amide bonds. The monoisotopic (exact) mass is 128 g/mol. The summed E-state index contributed by atoms with van der Waals surface area (Å²) in [6, 6.07) is 0. The zero-order chi connectivity index (χ0) is 7.49. The average Bonchev–Trinajstić information content (AvgIpc) is 1.65. The van der Waals surface area contributed by atoms with Crippen LogP contribution in [-0.4, -0.2) is 5.71 Å². The molecule has 0 spiro atoms. The largest absolute Gasteiger partial charge is 0.323 e. The topological polar surface area (TPSA) is 38.4 Å². The van der Waals surface area contributed by atoms with Crippen LogP contribution in [0.2, 0.25) is 0 Å². The van der Waals surface area contributed by atoms with Gasteiger partial charge in [-0.15, -0.1) is 0 Å². The second-order valence-corrected chi connectivity index (χ2v) is 3.18. The lowest BCUT2D eigenvalue weighted by atomic mass is 9.89. The summed E-state index contributed by atoms with van der Waals surface area (Å²) in [5, 5.41) is 3.69. The van der Waals surface area contributed by atoms with E-state index < -0.39 is 0 Å².